The number of hydrogen-bond donors (Lipinski definition) is 1. The minimum Gasteiger partial charge on any atom is -0.478 e. The third-order valence-corrected chi connectivity index (χ3v) is 2.63. The zero-order chi connectivity index (χ0) is 15.4. The van der Waals surface area contributed by atoms with Gasteiger partial charge < -0.3 is 9.84 Å². The van der Waals surface area contributed by atoms with Crippen LogP contribution < -0.4 is 4.74 Å². The number of ether oxygens (including phenoxy) is 1. The highest BCUT2D eigenvalue weighted by Crippen LogP contribution is 2.33. The van der Waals surface area contributed by atoms with Gasteiger partial charge in [0.25, 0.3) is 0 Å². The van der Waals surface area contributed by atoms with Crippen LogP contribution in [0.3, 0.4) is 0 Å². The van der Waals surface area contributed by atoms with Crippen molar-refractivity contribution >= 4 is 11.7 Å². The summed E-state index contributed by atoms with van der Waals surface area (Å²) in [6.07, 6.45) is 0. The second-order valence-electron chi connectivity index (χ2n) is 3.95. The van der Waals surface area contributed by atoms with Gasteiger partial charge in [0.15, 0.2) is 0 Å². The minimum atomic E-state index is -1.28. The van der Waals surface area contributed by atoms with Crippen molar-refractivity contribution in [3.05, 3.63) is 63.7 Å². The Labute approximate surface area is 118 Å². The number of nitrogens with zero attached hydrogens (tertiary/aromatic N) is 2. The van der Waals surface area contributed by atoms with E-state index >= 15 is 0 Å². The molecule has 0 saturated carbocycles. The fourth-order valence-corrected chi connectivity index (χ4v) is 1.65. The smallest absolute Gasteiger partial charge is 0.335 e. The fraction of sp³-hybridized carbons (Fsp3) is 0. The Morgan fingerprint density at radius 1 is 1.24 bits per heavy atom. The van der Waals surface area contributed by atoms with E-state index in [2.05, 4.69) is 0 Å². The maximum absolute atomic E-state index is 11.0. The summed E-state index contributed by atoms with van der Waals surface area (Å²) in [4.78, 5) is 21.1. The van der Waals surface area contributed by atoms with Crippen LogP contribution in [0.25, 0.3) is 0 Å². The molecule has 0 bridgehead atoms. The summed E-state index contributed by atoms with van der Waals surface area (Å²) in [6.45, 7) is 0. The van der Waals surface area contributed by atoms with Crippen molar-refractivity contribution in [2.45, 2.75) is 0 Å². The summed E-state index contributed by atoms with van der Waals surface area (Å²) < 4.78 is 5.37. The Hall–Kier alpha value is -3.40. The van der Waals surface area contributed by atoms with E-state index in [4.69, 9.17) is 15.1 Å². The van der Waals surface area contributed by atoms with Crippen molar-refractivity contribution in [3.63, 3.8) is 0 Å². The molecule has 0 radical (unpaired) electrons. The van der Waals surface area contributed by atoms with Crippen LogP contribution in [0.15, 0.2) is 42.5 Å². The summed E-state index contributed by atoms with van der Waals surface area (Å²) >= 11 is 0. The number of carboxylic acids is 1. The molecule has 2 aromatic rings. The molecule has 104 valence electrons. The molecule has 0 unspecified atom stereocenters. The van der Waals surface area contributed by atoms with E-state index < -0.39 is 16.6 Å². The van der Waals surface area contributed by atoms with E-state index in [-0.39, 0.29) is 22.6 Å². The molecule has 0 aliphatic rings. The molecule has 0 atom stereocenters. The van der Waals surface area contributed by atoms with E-state index in [1.54, 1.807) is 12.1 Å². The first kappa shape index (κ1) is 14.0. The SMILES string of the molecule is N#Cc1ccccc1Oc1ccc(C(=O)O)cc1[N+](=O)[O-]. The lowest BCUT2D eigenvalue weighted by atomic mass is 10.2. The zero-order valence-electron chi connectivity index (χ0n) is 10.5. The van der Waals surface area contributed by atoms with E-state index in [1.807, 2.05) is 6.07 Å². The highest BCUT2D eigenvalue weighted by Gasteiger charge is 2.19. The molecule has 1 N–H and O–H groups in total. The Bertz CT molecular complexity index is 764. The van der Waals surface area contributed by atoms with Crippen LogP contribution in [0.5, 0.6) is 11.5 Å². The van der Waals surface area contributed by atoms with E-state index in [0.29, 0.717) is 0 Å². The number of para-hydroxylation sites is 1. The van der Waals surface area contributed by atoms with Gasteiger partial charge in [-0.25, -0.2) is 4.79 Å². The van der Waals surface area contributed by atoms with Gasteiger partial charge in [-0.1, -0.05) is 12.1 Å². The van der Waals surface area contributed by atoms with Crippen LogP contribution >= 0.6 is 0 Å². The van der Waals surface area contributed by atoms with Crippen LogP contribution in [0.2, 0.25) is 0 Å². The first-order valence-corrected chi connectivity index (χ1v) is 5.71. The number of aromatic carboxylic acids is 1. The van der Waals surface area contributed by atoms with E-state index in [0.717, 1.165) is 6.07 Å². The zero-order valence-corrected chi connectivity index (χ0v) is 10.5. The largest absolute Gasteiger partial charge is 0.478 e. The molecule has 7 nitrogen and oxygen atoms in total. The molecule has 7 heteroatoms. The Balaban J connectivity index is 2.47. The molecule has 0 aromatic heterocycles. The Morgan fingerprint density at radius 3 is 2.57 bits per heavy atom. The highest BCUT2D eigenvalue weighted by molar-refractivity contribution is 5.88. The molecule has 21 heavy (non-hydrogen) atoms. The third kappa shape index (κ3) is 2.96. The standard InChI is InChI=1S/C14H8N2O5/c15-8-10-3-1-2-4-12(10)21-13-6-5-9(14(17)18)7-11(13)16(19)20/h1-7H,(H,17,18). The number of hydrogen-bond acceptors (Lipinski definition) is 5. The molecule has 0 aliphatic heterocycles. The predicted octanol–water partition coefficient (Wildman–Crippen LogP) is 2.96. The van der Waals surface area contributed by atoms with E-state index in [1.165, 1.54) is 24.3 Å². The predicted molar refractivity (Wildman–Crippen MR) is 71.3 cm³/mol. The Morgan fingerprint density at radius 2 is 1.95 bits per heavy atom. The quantitative estimate of drug-likeness (QED) is 0.682. The van der Waals surface area contributed by atoms with Crippen molar-refractivity contribution in [2.75, 3.05) is 0 Å². The molecule has 0 saturated heterocycles. The second-order valence-corrected chi connectivity index (χ2v) is 3.95. The first-order valence-electron chi connectivity index (χ1n) is 5.71. The van der Waals surface area contributed by atoms with Gasteiger partial charge in [-0.2, -0.15) is 5.26 Å². The number of nitro groups is 1. The topological polar surface area (TPSA) is 113 Å². The molecule has 2 aromatic carbocycles. The highest BCUT2D eigenvalue weighted by atomic mass is 16.6. The normalized spacial score (nSPS) is 9.67. The van der Waals surface area contributed by atoms with Gasteiger partial charge in [0.2, 0.25) is 5.75 Å². The van der Waals surface area contributed by atoms with Crippen LogP contribution in [0.4, 0.5) is 5.69 Å². The van der Waals surface area contributed by atoms with Gasteiger partial charge >= 0.3 is 11.7 Å². The summed E-state index contributed by atoms with van der Waals surface area (Å²) in [6, 6.07) is 11.4. The van der Waals surface area contributed by atoms with Gasteiger partial charge in [0, 0.05) is 6.07 Å². The molecule has 0 fully saturated rings. The average Bonchev–Trinajstić information content (AvgIpc) is 2.47. The molecule has 0 spiro atoms. The maximum atomic E-state index is 11.0. The lowest BCUT2D eigenvalue weighted by Gasteiger charge is -2.08. The van der Waals surface area contributed by atoms with Crippen molar-refractivity contribution in [1.82, 2.24) is 0 Å². The minimum absolute atomic E-state index is 0.132. The number of benzene rings is 2. The summed E-state index contributed by atoms with van der Waals surface area (Å²) in [5.41, 5.74) is -0.487. The molecule has 0 aliphatic carbocycles. The lowest BCUT2D eigenvalue weighted by Crippen LogP contribution is -2.00. The second kappa shape index (κ2) is 5.71. The average molecular weight is 284 g/mol. The van der Waals surface area contributed by atoms with Crippen molar-refractivity contribution in [3.8, 4) is 17.6 Å². The number of nitriles is 1. The van der Waals surface area contributed by atoms with Gasteiger partial charge in [-0.05, 0) is 24.3 Å². The van der Waals surface area contributed by atoms with Crippen molar-refractivity contribution < 1.29 is 19.6 Å². The summed E-state index contributed by atoms with van der Waals surface area (Å²) in [5.74, 6) is -1.25. The van der Waals surface area contributed by atoms with Gasteiger partial charge in [-0.3, -0.25) is 10.1 Å². The number of carboxylic acid groups (broad SMARTS) is 1. The van der Waals surface area contributed by atoms with E-state index in [9.17, 15) is 14.9 Å². The van der Waals surface area contributed by atoms with Crippen LogP contribution in [-0.4, -0.2) is 16.0 Å². The number of rotatable bonds is 4. The van der Waals surface area contributed by atoms with Gasteiger partial charge in [0.05, 0.1) is 16.1 Å². The van der Waals surface area contributed by atoms with Crippen LogP contribution in [0.1, 0.15) is 15.9 Å². The molecule has 0 heterocycles. The van der Waals surface area contributed by atoms with Crippen molar-refractivity contribution in [1.29, 1.82) is 5.26 Å². The molecule has 2 rings (SSSR count). The van der Waals surface area contributed by atoms with Gasteiger partial charge in [0.1, 0.15) is 11.8 Å². The molecular weight excluding hydrogens is 276 g/mol. The fourth-order valence-electron chi connectivity index (χ4n) is 1.65. The maximum Gasteiger partial charge on any atom is 0.335 e. The van der Waals surface area contributed by atoms with Crippen LogP contribution in [0, 0.1) is 21.4 Å². The monoisotopic (exact) mass is 284 g/mol. The third-order valence-electron chi connectivity index (χ3n) is 2.63. The van der Waals surface area contributed by atoms with Crippen molar-refractivity contribution in [2.24, 2.45) is 0 Å². The van der Waals surface area contributed by atoms with Gasteiger partial charge in [-0.15, -0.1) is 0 Å². The first-order chi connectivity index (χ1) is 10.0. The lowest BCUT2D eigenvalue weighted by molar-refractivity contribution is -0.385. The number of carbonyl (C=O) groups is 1. The Kier molecular flexibility index (Phi) is 3.81. The number of nitro benzene ring substituents is 1. The summed E-state index contributed by atoms with van der Waals surface area (Å²) in [7, 11) is 0. The summed E-state index contributed by atoms with van der Waals surface area (Å²) in [5, 5.41) is 28.8. The molecular formula is C14H8N2O5. The molecule has 0 amide bonds. The van der Waals surface area contributed by atoms with Crippen LogP contribution in [-0.2, 0) is 0 Å².